The molecule has 23 atom stereocenters. The third kappa shape index (κ3) is 7.57. The molecular weight excluding hydrogens is 808 g/mol. The molecule has 1 aromatic rings. The molecule has 7 aliphatic rings. The molecule has 23 unspecified atom stereocenters. The minimum absolute atomic E-state index is 0.0704. The minimum atomic E-state index is -1.87. The van der Waals surface area contributed by atoms with Gasteiger partial charge >= 0.3 is 5.63 Å². The van der Waals surface area contributed by atoms with Crippen LogP contribution in [0.2, 0.25) is 0 Å². The number of fused-ring (bicyclic) bond motifs is 5. The predicted molar refractivity (Wildman–Crippen MR) is 205 cm³/mol. The molecule has 3 aliphatic heterocycles. The lowest BCUT2D eigenvalue weighted by atomic mass is 9.45. The molecule has 19 nitrogen and oxygen atoms in total. The summed E-state index contributed by atoms with van der Waals surface area (Å²) in [5.41, 5.74) is -0.597. The number of aliphatic hydroxyl groups excluding tert-OH is 10. The first-order valence-electron chi connectivity index (χ1n) is 21.5. The molecule has 61 heavy (non-hydrogen) atoms. The third-order valence-electron chi connectivity index (χ3n) is 15.7. The fraction of sp³-hybridized carbons (Fsp3) is 0.833. The van der Waals surface area contributed by atoms with E-state index in [0.717, 1.165) is 12.8 Å². The Kier molecular flexibility index (Phi) is 12.8. The summed E-state index contributed by atoms with van der Waals surface area (Å²) in [7, 11) is 0. The van der Waals surface area contributed by atoms with Gasteiger partial charge in [0, 0.05) is 23.8 Å². The van der Waals surface area contributed by atoms with E-state index in [0.29, 0.717) is 31.2 Å². The average molecular weight is 871 g/mol. The van der Waals surface area contributed by atoms with Crippen molar-refractivity contribution in [3.8, 4) is 0 Å². The Bertz CT molecular complexity index is 1770. The SMILES string of the molecule is CC1OC(OC2C=C3CCC4C(CCC5(C)C(c6ccc(=O)oc6)C(O)CC45O)C3(C)CC2)C(O)C(O)C1OC1OC(CO)C(OC2OC(CO)C(O)C(O)C2O)C(O)C1O. The number of hydrogen-bond donors (Lipinski definition) is 11. The van der Waals surface area contributed by atoms with Crippen LogP contribution in [0.5, 0.6) is 0 Å². The van der Waals surface area contributed by atoms with Gasteiger partial charge in [0.15, 0.2) is 18.9 Å². The van der Waals surface area contributed by atoms with Crippen molar-refractivity contribution in [1.29, 1.82) is 0 Å². The Morgan fingerprint density at radius 2 is 1.33 bits per heavy atom. The fourth-order valence-corrected chi connectivity index (χ4v) is 12.3. The summed E-state index contributed by atoms with van der Waals surface area (Å²) < 4.78 is 40.1. The Balaban J connectivity index is 0.895. The molecule has 0 bridgehead atoms. The molecule has 3 saturated heterocycles. The van der Waals surface area contributed by atoms with Crippen LogP contribution in [0.3, 0.4) is 0 Å². The van der Waals surface area contributed by atoms with Crippen molar-refractivity contribution in [2.24, 2.45) is 22.7 Å². The van der Waals surface area contributed by atoms with E-state index in [9.17, 15) is 61.0 Å². The van der Waals surface area contributed by atoms with Crippen molar-refractivity contribution >= 4 is 0 Å². The van der Waals surface area contributed by atoms with Crippen LogP contribution in [0.15, 0.2) is 39.3 Å². The molecule has 8 rings (SSSR count). The van der Waals surface area contributed by atoms with Crippen molar-refractivity contribution in [3.05, 3.63) is 46.0 Å². The molecule has 0 aromatic carbocycles. The summed E-state index contributed by atoms with van der Waals surface area (Å²) >= 11 is 0. The van der Waals surface area contributed by atoms with Crippen LogP contribution in [0.1, 0.15) is 77.2 Å². The second-order valence-corrected chi connectivity index (χ2v) is 18.9. The summed E-state index contributed by atoms with van der Waals surface area (Å²) in [6, 6.07) is 3.04. The number of allylic oxidation sites excluding steroid dienone is 1. The molecule has 3 saturated carbocycles. The molecule has 344 valence electrons. The van der Waals surface area contributed by atoms with E-state index in [1.165, 1.54) is 17.9 Å². The second kappa shape index (κ2) is 17.1. The van der Waals surface area contributed by atoms with Gasteiger partial charge in [0.05, 0.1) is 43.4 Å². The lowest BCUT2D eigenvalue weighted by Gasteiger charge is -2.61. The Hall–Kier alpha value is -1.99. The van der Waals surface area contributed by atoms with Gasteiger partial charge in [-0.05, 0) is 74.3 Å². The van der Waals surface area contributed by atoms with Gasteiger partial charge in [-0.2, -0.15) is 0 Å². The maximum Gasteiger partial charge on any atom is 0.335 e. The standard InChI is InChI=1S/C42H62O19/c1-17-35(60-39-34(53)31(50)36(25(15-44)59-39)61-38-32(51)29(48)28(47)24(14-43)58-38)30(49)33(52)37(56-17)57-20-8-10-40(2)19(12-20)5-6-22-21(40)9-11-41(3)27(23(45)13-42(22,41)54)18-4-7-26(46)55-16-18/h4,7,12,16-17,20-25,27-39,43-45,47-54H,5-6,8-11,13-15H2,1-3H3. The second-order valence-electron chi connectivity index (χ2n) is 18.9. The fourth-order valence-electron chi connectivity index (χ4n) is 12.3. The summed E-state index contributed by atoms with van der Waals surface area (Å²) in [5, 5.41) is 119. The summed E-state index contributed by atoms with van der Waals surface area (Å²) in [6.07, 6.45) is -16.8. The normalized spacial score (nSPS) is 52.5. The van der Waals surface area contributed by atoms with Crippen molar-refractivity contribution < 1.29 is 89.0 Å². The van der Waals surface area contributed by atoms with Crippen molar-refractivity contribution in [1.82, 2.24) is 0 Å². The van der Waals surface area contributed by atoms with Crippen LogP contribution in [-0.4, -0.2) is 179 Å². The number of rotatable bonds is 9. The van der Waals surface area contributed by atoms with Crippen LogP contribution < -0.4 is 5.63 Å². The monoisotopic (exact) mass is 870 g/mol. The zero-order chi connectivity index (χ0) is 43.9. The third-order valence-corrected chi connectivity index (χ3v) is 15.7. The molecular formula is C42H62O19. The Morgan fingerprint density at radius 1 is 0.705 bits per heavy atom. The van der Waals surface area contributed by atoms with Crippen molar-refractivity contribution in [3.63, 3.8) is 0 Å². The maximum atomic E-state index is 12.6. The highest BCUT2D eigenvalue weighted by Gasteiger charge is 2.69. The van der Waals surface area contributed by atoms with Gasteiger partial charge in [-0.3, -0.25) is 0 Å². The minimum Gasteiger partial charge on any atom is -0.431 e. The van der Waals surface area contributed by atoms with Gasteiger partial charge in [0.25, 0.3) is 0 Å². The van der Waals surface area contributed by atoms with E-state index in [4.69, 9.17) is 32.8 Å². The topological polar surface area (TPSA) is 308 Å². The number of aliphatic hydroxyl groups is 11. The first-order valence-corrected chi connectivity index (χ1v) is 21.5. The van der Waals surface area contributed by atoms with E-state index >= 15 is 0 Å². The molecule has 0 spiro atoms. The lowest BCUT2D eigenvalue weighted by Crippen LogP contribution is -2.66. The van der Waals surface area contributed by atoms with Gasteiger partial charge < -0.3 is 89.0 Å². The van der Waals surface area contributed by atoms with Crippen LogP contribution in [0, 0.1) is 22.7 Å². The van der Waals surface area contributed by atoms with Gasteiger partial charge in [0.2, 0.25) is 0 Å². The number of ether oxygens (including phenoxy) is 6. The average Bonchev–Trinajstić information content (AvgIpc) is 3.45. The van der Waals surface area contributed by atoms with Crippen LogP contribution in [0.4, 0.5) is 0 Å². The van der Waals surface area contributed by atoms with Gasteiger partial charge in [0.1, 0.15) is 67.1 Å². The molecule has 4 aliphatic carbocycles. The molecule has 11 N–H and O–H groups in total. The molecule has 19 heteroatoms. The molecule has 4 heterocycles. The first kappa shape index (κ1) is 45.6. The maximum absolute atomic E-state index is 12.6. The van der Waals surface area contributed by atoms with Crippen molar-refractivity contribution in [2.45, 2.75) is 182 Å². The Labute approximate surface area is 352 Å². The zero-order valence-electron chi connectivity index (χ0n) is 34.4. The smallest absolute Gasteiger partial charge is 0.335 e. The Morgan fingerprint density at radius 3 is 1.98 bits per heavy atom. The van der Waals surface area contributed by atoms with E-state index in [1.807, 2.05) is 0 Å². The highest BCUT2D eigenvalue weighted by Crippen LogP contribution is 2.70. The van der Waals surface area contributed by atoms with Crippen LogP contribution >= 0.6 is 0 Å². The molecule has 6 fully saturated rings. The van der Waals surface area contributed by atoms with Crippen LogP contribution in [0.25, 0.3) is 0 Å². The number of hydrogen-bond acceptors (Lipinski definition) is 19. The van der Waals surface area contributed by atoms with Crippen LogP contribution in [-0.2, 0) is 28.4 Å². The van der Waals surface area contributed by atoms with Gasteiger partial charge in [-0.25, -0.2) is 4.79 Å². The summed E-state index contributed by atoms with van der Waals surface area (Å²) in [6.45, 7) is 4.32. The van der Waals surface area contributed by atoms with E-state index < -0.39 is 134 Å². The molecule has 0 amide bonds. The van der Waals surface area contributed by atoms with Gasteiger partial charge in [-0.15, -0.1) is 0 Å². The van der Waals surface area contributed by atoms with E-state index in [2.05, 4.69) is 19.9 Å². The summed E-state index contributed by atoms with van der Waals surface area (Å²) in [5.74, 6) is -0.317. The van der Waals surface area contributed by atoms with E-state index in [-0.39, 0.29) is 29.6 Å². The zero-order valence-corrected chi connectivity index (χ0v) is 34.4. The highest BCUT2D eigenvalue weighted by atomic mass is 16.8. The predicted octanol–water partition coefficient (Wildman–Crippen LogP) is -2.37. The summed E-state index contributed by atoms with van der Waals surface area (Å²) in [4.78, 5) is 11.7. The molecule has 0 radical (unpaired) electrons. The lowest BCUT2D eigenvalue weighted by molar-refractivity contribution is -0.378. The first-order chi connectivity index (χ1) is 28.9. The highest BCUT2D eigenvalue weighted by molar-refractivity contribution is 5.32. The quantitative estimate of drug-likeness (QED) is 0.116. The molecule has 1 aromatic heterocycles. The van der Waals surface area contributed by atoms with Crippen molar-refractivity contribution in [2.75, 3.05) is 13.2 Å². The van der Waals surface area contributed by atoms with E-state index in [1.54, 1.807) is 13.0 Å². The largest absolute Gasteiger partial charge is 0.431 e. The van der Waals surface area contributed by atoms with Gasteiger partial charge in [-0.1, -0.05) is 25.5 Å².